The third-order valence-corrected chi connectivity index (χ3v) is 3.99. The molecular formula is C19H14O6. The highest BCUT2D eigenvalue weighted by Crippen LogP contribution is 2.35. The summed E-state index contributed by atoms with van der Waals surface area (Å²) in [7, 11) is 1.49. The van der Waals surface area contributed by atoms with Gasteiger partial charge in [0.25, 0.3) is 0 Å². The van der Waals surface area contributed by atoms with Gasteiger partial charge in [0.2, 0.25) is 6.79 Å². The third kappa shape index (κ3) is 2.57. The smallest absolute Gasteiger partial charge is 0.231 e. The average molecular weight is 338 g/mol. The van der Waals surface area contributed by atoms with Crippen molar-refractivity contribution in [3.05, 3.63) is 59.9 Å². The Morgan fingerprint density at radius 1 is 1.16 bits per heavy atom. The summed E-state index contributed by atoms with van der Waals surface area (Å²) in [5.74, 6) is 0.996. The van der Waals surface area contributed by atoms with E-state index in [4.69, 9.17) is 18.6 Å². The van der Waals surface area contributed by atoms with Crippen molar-refractivity contribution in [3.63, 3.8) is 0 Å². The standard InChI is InChI=1S/C19H14O6/c1-22-19-12(3-5-16-13(19)6-7-23-16)15(21)9-14(20)11-2-4-17-18(8-11)25-10-24-17/h2-9,20H,10H2,1H3/b14-9-. The lowest BCUT2D eigenvalue weighted by Crippen LogP contribution is -2.00. The normalized spacial score (nSPS) is 13.2. The summed E-state index contributed by atoms with van der Waals surface area (Å²) >= 11 is 0. The number of rotatable bonds is 4. The lowest BCUT2D eigenvalue weighted by molar-refractivity contribution is 0.104. The molecule has 6 heteroatoms. The molecule has 3 aromatic rings. The third-order valence-electron chi connectivity index (χ3n) is 3.99. The number of aliphatic hydroxyl groups excluding tert-OH is 1. The molecule has 2 aromatic carbocycles. The quantitative estimate of drug-likeness (QED) is 0.441. The zero-order chi connectivity index (χ0) is 17.4. The van der Waals surface area contributed by atoms with Gasteiger partial charge in [-0.2, -0.15) is 0 Å². The van der Waals surface area contributed by atoms with Gasteiger partial charge in [-0.1, -0.05) is 0 Å². The molecule has 126 valence electrons. The highest BCUT2D eigenvalue weighted by molar-refractivity contribution is 6.12. The maximum absolute atomic E-state index is 12.6. The van der Waals surface area contributed by atoms with E-state index in [9.17, 15) is 9.90 Å². The van der Waals surface area contributed by atoms with Crippen LogP contribution in [-0.4, -0.2) is 24.8 Å². The Kier molecular flexibility index (Phi) is 3.57. The minimum Gasteiger partial charge on any atom is -0.507 e. The van der Waals surface area contributed by atoms with E-state index in [1.165, 1.54) is 13.4 Å². The minimum atomic E-state index is -0.380. The summed E-state index contributed by atoms with van der Waals surface area (Å²) in [6.45, 7) is 0.143. The second kappa shape index (κ2) is 5.90. The summed E-state index contributed by atoms with van der Waals surface area (Å²) in [6.07, 6.45) is 2.68. The Bertz CT molecular complexity index is 998. The molecule has 0 aliphatic carbocycles. The highest BCUT2D eigenvalue weighted by Gasteiger charge is 2.18. The van der Waals surface area contributed by atoms with E-state index in [0.717, 1.165) is 6.08 Å². The molecule has 0 atom stereocenters. The van der Waals surface area contributed by atoms with Crippen LogP contribution >= 0.6 is 0 Å². The number of hydrogen-bond acceptors (Lipinski definition) is 6. The molecule has 1 N–H and O–H groups in total. The molecule has 0 saturated heterocycles. The first-order valence-electron chi connectivity index (χ1n) is 7.56. The van der Waals surface area contributed by atoms with Crippen LogP contribution in [0.25, 0.3) is 16.7 Å². The largest absolute Gasteiger partial charge is 0.507 e. The maximum atomic E-state index is 12.6. The Balaban J connectivity index is 1.70. The Morgan fingerprint density at radius 2 is 2.00 bits per heavy atom. The fourth-order valence-electron chi connectivity index (χ4n) is 2.77. The Morgan fingerprint density at radius 3 is 2.84 bits per heavy atom. The van der Waals surface area contributed by atoms with E-state index in [2.05, 4.69) is 0 Å². The summed E-state index contributed by atoms with van der Waals surface area (Å²) in [4.78, 5) is 12.6. The summed E-state index contributed by atoms with van der Waals surface area (Å²) in [5.41, 5.74) is 1.42. The van der Waals surface area contributed by atoms with Crippen molar-refractivity contribution in [2.45, 2.75) is 0 Å². The van der Waals surface area contributed by atoms with Crippen LogP contribution in [0.5, 0.6) is 17.2 Å². The number of fused-ring (bicyclic) bond motifs is 2. The number of ether oxygens (including phenoxy) is 3. The average Bonchev–Trinajstić information content (AvgIpc) is 3.28. The number of furan rings is 1. The van der Waals surface area contributed by atoms with E-state index < -0.39 is 0 Å². The SMILES string of the molecule is COc1c(C(=O)/C=C(\O)c2ccc3c(c2)OCO3)ccc2occc12. The molecule has 4 rings (SSSR count). The van der Waals surface area contributed by atoms with Crippen molar-refractivity contribution in [1.82, 2.24) is 0 Å². The van der Waals surface area contributed by atoms with Crippen LogP contribution in [-0.2, 0) is 0 Å². The van der Waals surface area contributed by atoms with E-state index in [1.54, 1.807) is 36.4 Å². The molecule has 0 amide bonds. The van der Waals surface area contributed by atoms with Crippen LogP contribution in [0.4, 0.5) is 0 Å². The molecule has 1 aliphatic heterocycles. The predicted molar refractivity (Wildman–Crippen MR) is 90.3 cm³/mol. The number of benzene rings is 2. The van der Waals surface area contributed by atoms with Crippen molar-refractivity contribution in [2.24, 2.45) is 0 Å². The molecule has 0 radical (unpaired) electrons. The van der Waals surface area contributed by atoms with Crippen molar-refractivity contribution in [3.8, 4) is 17.2 Å². The monoisotopic (exact) mass is 338 g/mol. The van der Waals surface area contributed by atoms with Crippen molar-refractivity contribution in [2.75, 3.05) is 13.9 Å². The lowest BCUT2D eigenvalue weighted by Gasteiger charge is -2.07. The van der Waals surface area contributed by atoms with Gasteiger partial charge >= 0.3 is 0 Å². The van der Waals surface area contributed by atoms with Crippen LogP contribution in [0.1, 0.15) is 15.9 Å². The Labute approximate surface area is 142 Å². The van der Waals surface area contributed by atoms with Gasteiger partial charge in [-0.25, -0.2) is 0 Å². The van der Waals surface area contributed by atoms with Crippen LogP contribution in [0.2, 0.25) is 0 Å². The van der Waals surface area contributed by atoms with Gasteiger partial charge < -0.3 is 23.7 Å². The molecular weight excluding hydrogens is 324 g/mol. The van der Waals surface area contributed by atoms with Gasteiger partial charge in [0.15, 0.2) is 17.3 Å². The summed E-state index contributed by atoms with van der Waals surface area (Å²) in [6, 6.07) is 9.99. The number of allylic oxidation sites excluding steroid dienone is 1. The molecule has 0 saturated carbocycles. The number of methoxy groups -OCH3 is 1. The molecule has 6 nitrogen and oxygen atoms in total. The number of carbonyl (C=O) groups is 1. The molecule has 0 bridgehead atoms. The first-order valence-corrected chi connectivity index (χ1v) is 7.56. The fourth-order valence-corrected chi connectivity index (χ4v) is 2.77. The zero-order valence-corrected chi connectivity index (χ0v) is 13.3. The molecule has 25 heavy (non-hydrogen) atoms. The fraction of sp³-hybridized carbons (Fsp3) is 0.105. The van der Waals surface area contributed by atoms with Gasteiger partial charge in [0.1, 0.15) is 17.1 Å². The molecule has 1 aromatic heterocycles. The van der Waals surface area contributed by atoms with E-state index in [-0.39, 0.29) is 18.3 Å². The van der Waals surface area contributed by atoms with Crippen LogP contribution in [0, 0.1) is 0 Å². The lowest BCUT2D eigenvalue weighted by atomic mass is 10.0. The topological polar surface area (TPSA) is 78.1 Å². The molecule has 1 aliphatic rings. The van der Waals surface area contributed by atoms with Gasteiger partial charge in [-0.15, -0.1) is 0 Å². The van der Waals surface area contributed by atoms with Gasteiger partial charge in [0.05, 0.1) is 24.3 Å². The van der Waals surface area contributed by atoms with E-state index in [1.807, 2.05) is 0 Å². The maximum Gasteiger partial charge on any atom is 0.231 e. The van der Waals surface area contributed by atoms with Gasteiger partial charge in [-0.05, 0) is 36.4 Å². The van der Waals surface area contributed by atoms with Gasteiger partial charge in [-0.3, -0.25) is 4.79 Å². The Hall–Kier alpha value is -3.41. The summed E-state index contributed by atoms with van der Waals surface area (Å²) in [5, 5.41) is 11.0. The highest BCUT2D eigenvalue weighted by atomic mass is 16.7. The van der Waals surface area contributed by atoms with E-state index in [0.29, 0.717) is 39.3 Å². The molecule has 0 fully saturated rings. The first kappa shape index (κ1) is 15.1. The van der Waals surface area contributed by atoms with Crippen LogP contribution < -0.4 is 14.2 Å². The second-order valence-electron chi connectivity index (χ2n) is 5.44. The minimum absolute atomic E-state index is 0.143. The van der Waals surface area contributed by atoms with Crippen molar-refractivity contribution < 1.29 is 28.5 Å². The van der Waals surface area contributed by atoms with Crippen molar-refractivity contribution >= 4 is 22.5 Å². The summed E-state index contributed by atoms with van der Waals surface area (Å²) < 4.78 is 21.2. The number of aliphatic hydroxyl groups is 1. The van der Waals surface area contributed by atoms with E-state index >= 15 is 0 Å². The zero-order valence-electron chi connectivity index (χ0n) is 13.3. The molecule has 0 unspecified atom stereocenters. The van der Waals surface area contributed by atoms with Crippen LogP contribution in [0.3, 0.4) is 0 Å². The van der Waals surface area contributed by atoms with Crippen molar-refractivity contribution in [1.29, 1.82) is 0 Å². The first-order chi connectivity index (χ1) is 12.2. The second-order valence-corrected chi connectivity index (χ2v) is 5.44. The molecule has 0 spiro atoms. The molecule has 2 heterocycles. The van der Waals surface area contributed by atoms with Crippen LogP contribution in [0.15, 0.2) is 53.2 Å². The van der Waals surface area contributed by atoms with Gasteiger partial charge in [0, 0.05) is 11.6 Å². The number of carbonyl (C=O) groups excluding carboxylic acids is 1. The number of ketones is 1. The predicted octanol–water partition coefficient (Wildman–Crippen LogP) is 3.95. The number of hydrogen-bond donors (Lipinski definition) is 1.